The van der Waals surface area contributed by atoms with Gasteiger partial charge in [0.05, 0.1) is 16.6 Å². The molecule has 2 unspecified atom stereocenters. The van der Waals surface area contributed by atoms with Crippen LogP contribution in [0.25, 0.3) is 0 Å². The quantitative estimate of drug-likeness (QED) is 0.423. The van der Waals surface area contributed by atoms with E-state index in [1.807, 2.05) is 0 Å². The molecule has 19 heavy (non-hydrogen) atoms. The highest BCUT2D eigenvalue weighted by Crippen LogP contribution is 2.26. The molecule has 0 radical (unpaired) electrons. The molecule has 4 N–H and O–H groups in total. The van der Waals surface area contributed by atoms with Gasteiger partial charge in [-0.15, -0.1) is 0 Å². The molecule has 104 valence electrons. The first kappa shape index (κ1) is 15.0. The van der Waals surface area contributed by atoms with Gasteiger partial charge in [-0.1, -0.05) is 0 Å². The lowest BCUT2D eigenvalue weighted by Gasteiger charge is -2.18. The first-order chi connectivity index (χ1) is 8.88. The van der Waals surface area contributed by atoms with Gasteiger partial charge in [-0.25, -0.2) is 4.79 Å². The number of nitrogens with zero attached hydrogens (tertiary/aromatic N) is 1. The Morgan fingerprint density at radius 1 is 1.37 bits per heavy atom. The topological polar surface area (TPSA) is 141 Å². The highest BCUT2D eigenvalue weighted by atomic mass is 16.6. The van der Waals surface area contributed by atoms with Crippen molar-refractivity contribution in [3.8, 4) is 0 Å². The second-order valence-corrected chi connectivity index (χ2v) is 3.86. The lowest BCUT2D eigenvalue weighted by Crippen LogP contribution is -2.21. The van der Waals surface area contributed by atoms with Crippen molar-refractivity contribution >= 4 is 11.7 Å². The van der Waals surface area contributed by atoms with Crippen molar-refractivity contribution < 1.29 is 30.1 Å². The average Bonchev–Trinajstić information content (AvgIpc) is 2.37. The summed E-state index contributed by atoms with van der Waals surface area (Å²) in [5.41, 5.74) is -1.03. The van der Waals surface area contributed by atoms with Crippen LogP contribution in [0.2, 0.25) is 0 Å². The number of aliphatic hydroxyl groups is 3. The number of aromatic carboxylic acids is 1. The third-order valence-corrected chi connectivity index (χ3v) is 2.59. The summed E-state index contributed by atoms with van der Waals surface area (Å²) in [6, 6.07) is 2.93. The molecule has 0 saturated heterocycles. The van der Waals surface area contributed by atoms with Crippen LogP contribution in [0.15, 0.2) is 18.2 Å². The number of carbonyl (C=O) groups is 1. The Labute approximate surface area is 107 Å². The van der Waals surface area contributed by atoms with Crippen LogP contribution in [0.3, 0.4) is 0 Å². The summed E-state index contributed by atoms with van der Waals surface area (Å²) in [6.07, 6.45) is -3.04. The van der Waals surface area contributed by atoms with E-state index in [1.54, 1.807) is 0 Å². The lowest BCUT2D eigenvalue weighted by molar-refractivity contribution is -0.384. The number of hydrogen-bond donors (Lipinski definition) is 4. The number of carboxylic acids is 1. The Bertz CT molecular complexity index is 488. The van der Waals surface area contributed by atoms with Crippen LogP contribution in [0.1, 0.15) is 28.4 Å². The van der Waals surface area contributed by atoms with Gasteiger partial charge in [0.2, 0.25) is 0 Å². The Kier molecular flexibility index (Phi) is 4.93. The van der Waals surface area contributed by atoms with Crippen LogP contribution in [0, 0.1) is 10.1 Å². The molecule has 0 spiro atoms. The van der Waals surface area contributed by atoms with Gasteiger partial charge in [-0.3, -0.25) is 10.1 Å². The Hall–Kier alpha value is -2.03. The monoisotopic (exact) mass is 271 g/mol. The third-order valence-electron chi connectivity index (χ3n) is 2.59. The van der Waals surface area contributed by atoms with Gasteiger partial charge in [0.15, 0.2) is 0 Å². The van der Waals surface area contributed by atoms with Crippen molar-refractivity contribution in [2.24, 2.45) is 0 Å². The molecule has 0 aromatic heterocycles. The highest BCUT2D eigenvalue weighted by molar-refractivity contribution is 5.90. The van der Waals surface area contributed by atoms with Crippen LogP contribution >= 0.6 is 0 Å². The Morgan fingerprint density at radius 3 is 2.47 bits per heavy atom. The van der Waals surface area contributed by atoms with E-state index < -0.39 is 34.4 Å². The lowest BCUT2D eigenvalue weighted by atomic mass is 9.96. The SMILES string of the molecule is O=C(O)c1cc([N+](=O)[O-])ccc1C(O)C(O)CCO. The molecule has 0 amide bonds. The summed E-state index contributed by atoms with van der Waals surface area (Å²) in [5.74, 6) is -1.45. The predicted octanol–water partition coefficient (Wildman–Crippen LogP) is 0.0697. The van der Waals surface area contributed by atoms with Crippen molar-refractivity contribution in [2.45, 2.75) is 18.6 Å². The van der Waals surface area contributed by atoms with E-state index >= 15 is 0 Å². The number of hydrogen-bond acceptors (Lipinski definition) is 6. The van der Waals surface area contributed by atoms with Crippen LogP contribution in [-0.2, 0) is 0 Å². The summed E-state index contributed by atoms with van der Waals surface area (Å²) in [4.78, 5) is 20.8. The summed E-state index contributed by atoms with van der Waals surface area (Å²) in [7, 11) is 0. The molecule has 0 heterocycles. The largest absolute Gasteiger partial charge is 0.478 e. The minimum atomic E-state index is -1.54. The second-order valence-electron chi connectivity index (χ2n) is 3.86. The molecule has 0 aliphatic heterocycles. The summed E-state index contributed by atoms with van der Waals surface area (Å²) in [6.45, 7) is -0.381. The van der Waals surface area contributed by atoms with Gasteiger partial charge in [0.25, 0.3) is 5.69 Å². The Morgan fingerprint density at radius 2 is 2.00 bits per heavy atom. The zero-order chi connectivity index (χ0) is 14.6. The minimum absolute atomic E-state index is 0.140. The molecule has 0 aliphatic carbocycles. The van der Waals surface area contributed by atoms with Crippen LogP contribution in [-0.4, -0.2) is 44.0 Å². The molecule has 1 aromatic carbocycles. The minimum Gasteiger partial charge on any atom is -0.478 e. The van der Waals surface area contributed by atoms with E-state index in [0.29, 0.717) is 0 Å². The fourth-order valence-electron chi connectivity index (χ4n) is 1.60. The van der Waals surface area contributed by atoms with Gasteiger partial charge >= 0.3 is 5.97 Å². The van der Waals surface area contributed by atoms with Gasteiger partial charge in [0, 0.05) is 18.7 Å². The fourth-order valence-corrected chi connectivity index (χ4v) is 1.60. The van der Waals surface area contributed by atoms with E-state index in [4.69, 9.17) is 10.2 Å². The molecule has 1 rings (SSSR count). The van der Waals surface area contributed by atoms with E-state index in [0.717, 1.165) is 18.2 Å². The summed E-state index contributed by atoms with van der Waals surface area (Å²) >= 11 is 0. The molecule has 0 bridgehead atoms. The van der Waals surface area contributed by atoms with Crippen LogP contribution in [0.4, 0.5) is 5.69 Å². The van der Waals surface area contributed by atoms with E-state index in [9.17, 15) is 25.1 Å². The molecule has 8 heteroatoms. The molecule has 0 aliphatic rings. The highest BCUT2D eigenvalue weighted by Gasteiger charge is 2.25. The van der Waals surface area contributed by atoms with Crippen molar-refractivity contribution in [1.29, 1.82) is 0 Å². The Balaban J connectivity index is 3.20. The van der Waals surface area contributed by atoms with Gasteiger partial charge < -0.3 is 20.4 Å². The van der Waals surface area contributed by atoms with Crippen molar-refractivity contribution in [1.82, 2.24) is 0 Å². The molecule has 0 fully saturated rings. The zero-order valence-corrected chi connectivity index (χ0v) is 9.76. The van der Waals surface area contributed by atoms with E-state index in [2.05, 4.69) is 0 Å². The van der Waals surface area contributed by atoms with Gasteiger partial charge in [-0.2, -0.15) is 0 Å². The number of aliphatic hydroxyl groups excluding tert-OH is 3. The van der Waals surface area contributed by atoms with Gasteiger partial charge in [0.1, 0.15) is 6.10 Å². The molecule has 8 nitrogen and oxygen atoms in total. The maximum Gasteiger partial charge on any atom is 0.336 e. The predicted molar refractivity (Wildman–Crippen MR) is 62.7 cm³/mol. The van der Waals surface area contributed by atoms with E-state index in [1.165, 1.54) is 0 Å². The second kappa shape index (κ2) is 6.23. The normalized spacial score (nSPS) is 13.8. The van der Waals surface area contributed by atoms with Crippen LogP contribution in [0.5, 0.6) is 0 Å². The summed E-state index contributed by atoms with van der Waals surface area (Å²) < 4.78 is 0. The maximum atomic E-state index is 11.0. The molecular formula is C11H13NO7. The van der Waals surface area contributed by atoms with Gasteiger partial charge in [-0.05, 0) is 18.1 Å². The maximum absolute atomic E-state index is 11.0. The number of carboxylic acid groups (broad SMARTS) is 1. The van der Waals surface area contributed by atoms with E-state index in [-0.39, 0.29) is 18.6 Å². The standard InChI is InChI=1S/C11H13NO7/c13-4-3-9(14)10(15)7-2-1-6(12(18)19)5-8(7)11(16)17/h1-2,5,9-10,13-15H,3-4H2,(H,16,17). The number of benzene rings is 1. The average molecular weight is 271 g/mol. The summed E-state index contributed by atoms with van der Waals surface area (Å²) in [5, 5.41) is 47.5. The molecule has 2 atom stereocenters. The van der Waals surface area contributed by atoms with Crippen molar-refractivity contribution in [3.63, 3.8) is 0 Å². The van der Waals surface area contributed by atoms with Crippen molar-refractivity contribution in [2.75, 3.05) is 6.61 Å². The molecule has 0 saturated carbocycles. The number of nitro benzene ring substituents is 1. The number of non-ortho nitro benzene ring substituents is 1. The fraction of sp³-hybridized carbons (Fsp3) is 0.364. The smallest absolute Gasteiger partial charge is 0.336 e. The van der Waals surface area contributed by atoms with Crippen molar-refractivity contribution in [3.05, 3.63) is 39.4 Å². The first-order valence-electron chi connectivity index (χ1n) is 5.37. The molecule has 1 aromatic rings. The molecular weight excluding hydrogens is 258 g/mol. The third kappa shape index (κ3) is 3.47. The number of rotatable bonds is 6. The zero-order valence-electron chi connectivity index (χ0n) is 9.76. The first-order valence-corrected chi connectivity index (χ1v) is 5.37. The number of nitro groups is 1. The van der Waals surface area contributed by atoms with Crippen LogP contribution < -0.4 is 0 Å².